The smallest absolute Gasteiger partial charge is 0.264 e. The van der Waals surface area contributed by atoms with Crippen molar-refractivity contribution in [2.75, 3.05) is 24.4 Å². The summed E-state index contributed by atoms with van der Waals surface area (Å²) in [5.41, 5.74) is 2.02. The van der Waals surface area contributed by atoms with E-state index in [1.54, 1.807) is 36.4 Å². The van der Waals surface area contributed by atoms with Gasteiger partial charge in [0.15, 0.2) is 11.7 Å². The Labute approximate surface area is 192 Å². The zero-order chi connectivity index (χ0) is 22.8. The normalized spacial score (nSPS) is 10.2. The molecule has 166 valence electrons. The number of nitrogens with one attached hydrogen (secondary N) is 3. The molecule has 0 atom stereocenters. The minimum absolute atomic E-state index is 0.0699. The second kappa shape index (κ2) is 12.1. The van der Waals surface area contributed by atoms with Gasteiger partial charge in [-0.15, -0.1) is 0 Å². The average molecular weight is 464 g/mol. The Morgan fingerprint density at radius 2 is 1.87 bits per heavy atom. The minimum Gasteiger partial charge on any atom is -0.494 e. The number of hydrogen-bond donors (Lipinski definition) is 3. The van der Waals surface area contributed by atoms with Gasteiger partial charge in [-0.3, -0.25) is 14.9 Å². The molecule has 0 bridgehead atoms. The number of unbranched alkanes of at least 4 members (excludes halogenated alkanes) is 1. The number of aryl methyl sites for hydroxylation is 1. The molecule has 7 nitrogen and oxygen atoms in total. The molecule has 0 aliphatic heterocycles. The van der Waals surface area contributed by atoms with Crippen molar-refractivity contribution >= 4 is 52.1 Å². The van der Waals surface area contributed by atoms with Crippen LogP contribution in [0.25, 0.3) is 0 Å². The number of benzene rings is 2. The van der Waals surface area contributed by atoms with Crippen molar-refractivity contribution in [2.24, 2.45) is 0 Å². The topological polar surface area (TPSA) is 88.7 Å². The van der Waals surface area contributed by atoms with E-state index < -0.39 is 5.91 Å². The fraction of sp³-hybridized carbons (Fsp3) is 0.318. The molecule has 0 aliphatic rings. The molecule has 2 rings (SSSR count). The monoisotopic (exact) mass is 463 g/mol. The maximum atomic E-state index is 12.1. The van der Waals surface area contributed by atoms with Crippen LogP contribution in [-0.4, -0.2) is 30.6 Å². The predicted octanol–water partition coefficient (Wildman–Crippen LogP) is 4.68. The van der Waals surface area contributed by atoms with Crippen molar-refractivity contribution in [3.8, 4) is 11.5 Å². The van der Waals surface area contributed by atoms with Crippen LogP contribution in [0.5, 0.6) is 11.5 Å². The summed E-state index contributed by atoms with van der Waals surface area (Å²) >= 11 is 11.2. The molecule has 31 heavy (non-hydrogen) atoms. The Kier molecular flexibility index (Phi) is 9.55. The summed E-state index contributed by atoms with van der Waals surface area (Å²) in [7, 11) is 1.51. The van der Waals surface area contributed by atoms with Crippen LogP contribution < -0.4 is 25.4 Å². The first-order chi connectivity index (χ1) is 14.8. The first-order valence-corrected chi connectivity index (χ1v) is 10.6. The Morgan fingerprint density at radius 3 is 2.55 bits per heavy atom. The summed E-state index contributed by atoms with van der Waals surface area (Å²) < 4.78 is 10.8. The lowest BCUT2D eigenvalue weighted by molar-refractivity contribution is -0.121. The maximum absolute atomic E-state index is 12.1. The van der Waals surface area contributed by atoms with E-state index >= 15 is 0 Å². The van der Waals surface area contributed by atoms with E-state index in [0.717, 1.165) is 18.4 Å². The van der Waals surface area contributed by atoms with Crippen LogP contribution in [0.4, 0.5) is 11.4 Å². The average Bonchev–Trinajstić information content (AvgIpc) is 2.74. The fourth-order valence-electron chi connectivity index (χ4n) is 2.60. The summed E-state index contributed by atoms with van der Waals surface area (Å²) in [5, 5.41) is 9.03. The lowest BCUT2D eigenvalue weighted by atomic mass is 10.2. The van der Waals surface area contributed by atoms with Crippen molar-refractivity contribution in [3.63, 3.8) is 0 Å². The summed E-state index contributed by atoms with van der Waals surface area (Å²) in [6, 6.07) is 10.3. The van der Waals surface area contributed by atoms with Gasteiger partial charge >= 0.3 is 0 Å². The largest absolute Gasteiger partial charge is 0.494 e. The number of rotatable bonds is 9. The van der Waals surface area contributed by atoms with Gasteiger partial charge in [-0.05, 0) is 61.5 Å². The standard InChI is InChI=1S/C22H26ClN3O4S/c1-4-5-6-20(27)25-18-10-7-15(12-19(18)29-3)24-22(31)26-21(28)13-30-16-8-9-17(23)14(2)11-16/h7-12H,4-6,13H2,1-3H3,(H,25,27)(H2,24,26,28,31). The first-order valence-electron chi connectivity index (χ1n) is 9.80. The van der Waals surface area contributed by atoms with E-state index in [1.165, 1.54) is 7.11 Å². The van der Waals surface area contributed by atoms with Gasteiger partial charge in [0.25, 0.3) is 5.91 Å². The Balaban J connectivity index is 1.88. The Bertz CT molecular complexity index is 952. The molecule has 0 saturated carbocycles. The molecular formula is C22H26ClN3O4S. The molecule has 9 heteroatoms. The van der Waals surface area contributed by atoms with Crippen LogP contribution in [0.1, 0.15) is 31.7 Å². The zero-order valence-electron chi connectivity index (χ0n) is 17.7. The van der Waals surface area contributed by atoms with E-state index in [-0.39, 0.29) is 17.6 Å². The minimum atomic E-state index is -0.406. The second-order valence-electron chi connectivity index (χ2n) is 6.77. The van der Waals surface area contributed by atoms with E-state index in [1.807, 2.05) is 13.8 Å². The van der Waals surface area contributed by atoms with Gasteiger partial charge in [-0.2, -0.15) is 0 Å². The third kappa shape index (κ3) is 8.07. The third-order valence-electron chi connectivity index (χ3n) is 4.24. The van der Waals surface area contributed by atoms with E-state index in [9.17, 15) is 9.59 Å². The Hall–Kier alpha value is -2.84. The summed E-state index contributed by atoms with van der Waals surface area (Å²) in [4.78, 5) is 24.0. The molecule has 0 unspecified atom stereocenters. The molecule has 0 radical (unpaired) electrons. The van der Waals surface area contributed by atoms with Crippen LogP contribution in [0.3, 0.4) is 0 Å². The van der Waals surface area contributed by atoms with Gasteiger partial charge < -0.3 is 20.1 Å². The molecule has 2 aromatic rings. The highest BCUT2D eigenvalue weighted by atomic mass is 35.5. The molecular weight excluding hydrogens is 438 g/mol. The maximum Gasteiger partial charge on any atom is 0.264 e. The predicted molar refractivity (Wildman–Crippen MR) is 127 cm³/mol. The number of carbonyl (C=O) groups excluding carboxylic acids is 2. The lowest BCUT2D eigenvalue weighted by Crippen LogP contribution is -2.37. The van der Waals surface area contributed by atoms with Crippen LogP contribution in [0.15, 0.2) is 36.4 Å². The molecule has 0 aliphatic carbocycles. The molecule has 0 fully saturated rings. The van der Waals surface area contributed by atoms with Gasteiger partial charge in [0.05, 0.1) is 12.8 Å². The number of anilines is 2. The molecule has 0 spiro atoms. The number of amides is 2. The van der Waals surface area contributed by atoms with Crippen LogP contribution in [-0.2, 0) is 9.59 Å². The molecule has 0 aromatic heterocycles. The van der Waals surface area contributed by atoms with E-state index in [2.05, 4.69) is 16.0 Å². The quantitative estimate of drug-likeness (QED) is 0.468. The summed E-state index contributed by atoms with van der Waals surface area (Å²) in [6.07, 6.45) is 2.22. The van der Waals surface area contributed by atoms with Crippen molar-refractivity contribution in [1.29, 1.82) is 0 Å². The van der Waals surface area contributed by atoms with Crippen LogP contribution >= 0.6 is 23.8 Å². The fourth-order valence-corrected chi connectivity index (χ4v) is 2.95. The van der Waals surface area contributed by atoms with Gasteiger partial charge in [0, 0.05) is 23.2 Å². The number of hydrogen-bond acceptors (Lipinski definition) is 5. The van der Waals surface area contributed by atoms with Gasteiger partial charge in [0.2, 0.25) is 5.91 Å². The molecule has 2 amide bonds. The van der Waals surface area contributed by atoms with Crippen molar-refractivity contribution in [1.82, 2.24) is 5.32 Å². The van der Waals surface area contributed by atoms with Crippen molar-refractivity contribution < 1.29 is 19.1 Å². The van der Waals surface area contributed by atoms with E-state index in [4.69, 9.17) is 33.3 Å². The number of thiocarbonyl (C=S) groups is 1. The number of carbonyl (C=O) groups is 2. The lowest BCUT2D eigenvalue weighted by Gasteiger charge is -2.14. The van der Waals surface area contributed by atoms with Crippen molar-refractivity contribution in [3.05, 3.63) is 47.0 Å². The van der Waals surface area contributed by atoms with Gasteiger partial charge in [-0.1, -0.05) is 24.9 Å². The molecule has 0 heterocycles. The Morgan fingerprint density at radius 1 is 1.10 bits per heavy atom. The highest BCUT2D eigenvalue weighted by Crippen LogP contribution is 2.28. The van der Waals surface area contributed by atoms with Crippen molar-refractivity contribution in [2.45, 2.75) is 33.1 Å². The highest BCUT2D eigenvalue weighted by molar-refractivity contribution is 7.80. The highest BCUT2D eigenvalue weighted by Gasteiger charge is 2.11. The van der Waals surface area contributed by atoms with Crippen LogP contribution in [0.2, 0.25) is 5.02 Å². The third-order valence-corrected chi connectivity index (χ3v) is 4.87. The number of methoxy groups -OCH3 is 1. The number of halogens is 1. The van der Waals surface area contributed by atoms with E-state index in [0.29, 0.717) is 34.3 Å². The molecule has 0 saturated heterocycles. The van der Waals surface area contributed by atoms with Crippen LogP contribution in [0, 0.1) is 6.92 Å². The molecule has 2 aromatic carbocycles. The molecule has 3 N–H and O–H groups in total. The SMILES string of the molecule is CCCCC(=O)Nc1ccc(NC(=S)NC(=O)COc2ccc(Cl)c(C)c2)cc1OC. The first kappa shape index (κ1) is 24.4. The summed E-state index contributed by atoms with van der Waals surface area (Å²) in [6.45, 7) is 3.68. The second-order valence-corrected chi connectivity index (χ2v) is 7.58. The summed E-state index contributed by atoms with van der Waals surface area (Å²) in [5.74, 6) is 0.541. The zero-order valence-corrected chi connectivity index (χ0v) is 19.3. The number of ether oxygens (including phenoxy) is 2. The van der Waals surface area contributed by atoms with Gasteiger partial charge in [-0.25, -0.2) is 0 Å². The van der Waals surface area contributed by atoms with Gasteiger partial charge in [0.1, 0.15) is 11.5 Å².